The summed E-state index contributed by atoms with van der Waals surface area (Å²) in [5.41, 5.74) is 9.30. The van der Waals surface area contributed by atoms with Crippen LogP contribution >= 0.6 is 0 Å². The Morgan fingerprint density at radius 1 is 1.12 bits per heavy atom. The molecule has 4 N–H and O–H groups in total. The lowest BCUT2D eigenvalue weighted by Crippen LogP contribution is -2.43. The second-order valence-corrected chi connectivity index (χ2v) is 7.98. The van der Waals surface area contributed by atoms with Crippen LogP contribution in [0.25, 0.3) is 11.1 Å². The SMILES string of the molecule is COC(=O)[C@H](CC1=CCN(C(=N)N)CC1)C(C)NC(=O)c1ccc(-c2ccccc2)cc1. The number of ether oxygens (including phenoxy) is 1. The Hall–Kier alpha value is -3.61. The molecular formula is C25H30N4O3. The van der Waals surface area contributed by atoms with Crippen molar-refractivity contribution in [3.63, 3.8) is 0 Å². The molecule has 0 saturated carbocycles. The van der Waals surface area contributed by atoms with Crippen molar-refractivity contribution < 1.29 is 14.3 Å². The third kappa shape index (κ3) is 5.75. The molecule has 0 spiro atoms. The van der Waals surface area contributed by atoms with E-state index in [1.807, 2.05) is 55.5 Å². The molecule has 1 heterocycles. The number of nitrogens with two attached hydrogens (primary N) is 1. The first-order valence-corrected chi connectivity index (χ1v) is 10.7. The number of nitrogens with one attached hydrogen (secondary N) is 2. The average molecular weight is 435 g/mol. The Bertz CT molecular complexity index is 986. The van der Waals surface area contributed by atoms with Crippen LogP contribution in [0.1, 0.15) is 30.1 Å². The van der Waals surface area contributed by atoms with E-state index in [2.05, 4.69) is 5.32 Å². The monoisotopic (exact) mass is 434 g/mol. The highest BCUT2D eigenvalue weighted by Gasteiger charge is 2.29. The summed E-state index contributed by atoms with van der Waals surface area (Å²) in [7, 11) is 1.36. The first-order valence-electron chi connectivity index (χ1n) is 10.7. The van der Waals surface area contributed by atoms with Crippen LogP contribution in [0.4, 0.5) is 0 Å². The fourth-order valence-corrected chi connectivity index (χ4v) is 3.85. The largest absolute Gasteiger partial charge is 0.469 e. The van der Waals surface area contributed by atoms with Gasteiger partial charge in [-0.25, -0.2) is 0 Å². The third-order valence-corrected chi connectivity index (χ3v) is 5.85. The number of benzene rings is 2. The van der Waals surface area contributed by atoms with Gasteiger partial charge in [0.15, 0.2) is 5.96 Å². The smallest absolute Gasteiger partial charge is 0.311 e. The Morgan fingerprint density at radius 2 is 1.78 bits per heavy atom. The van der Waals surface area contributed by atoms with Gasteiger partial charge in [0.1, 0.15) is 0 Å². The highest BCUT2D eigenvalue weighted by molar-refractivity contribution is 5.95. The number of esters is 1. The van der Waals surface area contributed by atoms with Gasteiger partial charge in [0, 0.05) is 24.7 Å². The minimum absolute atomic E-state index is 0.0451. The lowest BCUT2D eigenvalue weighted by molar-refractivity contribution is -0.146. The summed E-state index contributed by atoms with van der Waals surface area (Å²) >= 11 is 0. The van der Waals surface area contributed by atoms with E-state index in [0.29, 0.717) is 31.5 Å². The maximum atomic E-state index is 12.8. The molecule has 3 rings (SSSR count). The van der Waals surface area contributed by atoms with Crippen molar-refractivity contribution in [3.8, 4) is 11.1 Å². The van der Waals surface area contributed by atoms with E-state index in [0.717, 1.165) is 16.7 Å². The summed E-state index contributed by atoms with van der Waals surface area (Å²) < 4.78 is 5.00. The molecule has 2 aromatic carbocycles. The van der Waals surface area contributed by atoms with Crippen molar-refractivity contribution in [1.29, 1.82) is 5.41 Å². The van der Waals surface area contributed by atoms with Gasteiger partial charge in [-0.05, 0) is 43.0 Å². The van der Waals surface area contributed by atoms with Crippen LogP contribution in [-0.4, -0.2) is 49.0 Å². The van der Waals surface area contributed by atoms with Gasteiger partial charge in [-0.1, -0.05) is 54.1 Å². The number of nitrogens with zero attached hydrogens (tertiary/aromatic N) is 1. The van der Waals surface area contributed by atoms with Crippen LogP contribution in [-0.2, 0) is 9.53 Å². The molecule has 0 saturated heterocycles. The number of rotatable bonds is 7. The first kappa shape index (κ1) is 23.1. The van der Waals surface area contributed by atoms with Crippen LogP contribution in [0.15, 0.2) is 66.2 Å². The average Bonchev–Trinajstić information content (AvgIpc) is 2.82. The Balaban J connectivity index is 1.65. The van der Waals surface area contributed by atoms with Gasteiger partial charge in [-0.15, -0.1) is 0 Å². The molecule has 2 atom stereocenters. The second-order valence-electron chi connectivity index (χ2n) is 7.98. The van der Waals surface area contributed by atoms with Gasteiger partial charge >= 0.3 is 5.97 Å². The van der Waals surface area contributed by atoms with Gasteiger partial charge in [0.2, 0.25) is 0 Å². The number of hydrogen-bond donors (Lipinski definition) is 3. The highest BCUT2D eigenvalue weighted by atomic mass is 16.5. The molecule has 0 radical (unpaired) electrons. The van der Waals surface area contributed by atoms with Gasteiger partial charge in [-0.2, -0.15) is 0 Å². The van der Waals surface area contributed by atoms with Crippen LogP contribution in [0.2, 0.25) is 0 Å². The Kier molecular flexibility index (Phi) is 7.65. The zero-order valence-electron chi connectivity index (χ0n) is 18.5. The number of methoxy groups -OCH3 is 1. The lowest BCUT2D eigenvalue weighted by Gasteiger charge is -2.29. The Morgan fingerprint density at radius 3 is 2.34 bits per heavy atom. The predicted molar refractivity (Wildman–Crippen MR) is 125 cm³/mol. The van der Waals surface area contributed by atoms with Crippen LogP contribution in [0.5, 0.6) is 0 Å². The van der Waals surface area contributed by atoms with E-state index < -0.39 is 12.0 Å². The van der Waals surface area contributed by atoms with Crippen molar-refractivity contribution in [3.05, 3.63) is 71.8 Å². The van der Waals surface area contributed by atoms with E-state index in [9.17, 15) is 9.59 Å². The van der Waals surface area contributed by atoms with Crippen LogP contribution < -0.4 is 11.1 Å². The van der Waals surface area contributed by atoms with Gasteiger partial charge in [0.05, 0.1) is 13.0 Å². The molecular weight excluding hydrogens is 404 g/mol. The molecule has 0 aliphatic carbocycles. The summed E-state index contributed by atoms with van der Waals surface area (Å²) in [5, 5.41) is 10.5. The summed E-state index contributed by atoms with van der Waals surface area (Å²) in [6.07, 6.45) is 3.21. The van der Waals surface area contributed by atoms with Gasteiger partial charge in [-0.3, -0.25) is 15.0 Å². The van der Waals surface area contributed by atoms with E-state index in [1.54, 1.807) is 17.0 Å². The topological polar surface area (TPSA) is 109 Å². The summed E-state index contributed by atoms with van der Waals surface area (Å²) in [6.45, 7) is 3.01. The molecule has 1 aliphatic heterocycles. The second kappa shape index (κ2) is 10.6. The molecule has 0 fully saturated rings. The number of hydrogen-bond acceptors (Lipinski definition) is 4. The fourth-order valence-electron chi connectivity index (χ4n) is 3.85. The molecule has 7 heteroatoms. The number of carbonyl (C=O) groups is 2. The first-order chi connectivity index (χ1) is 15.4. The minimum Gasteiger partial charge on any atom is -0.469 e. The summed E-state index contributed by atoms with van der Waals surface area (Å²) in [4.78, 5) is 27.0. The third-order valence-electron chi connectivity index (χ3n) is 5.85. The summed E-state index contributed by atoms with van der Waals surface area (Å²) in [5.74, 6) is -1.04. The molecule has 32 heavy (non-hydrogen) atoms. The molecule has 7 nitrogen and oxygen atoms in total. The van der Waals surface area contributed by atoms with Crippen molar-refractivity contribution >= 4 is 17.8 Å². The maximum absolute atomic E-state index is 12.8. The minimum atomic E-state index is -0.498. The van der Waals surface area contributed by atoms with E-state index in [4.69, 9.17) is 15.9 Å². The summed E-state index contributed by atoms with van der Waals surface area (Å²) in [6, 6.07) is 17.0. The normalized spacial score (nSPS) is 15.3. The van der Waals surface area contributed by atoms with Crippen molar-refractivity contribution in [2.75, 3.05) is 20.2 Å². The van der Waals surface area contributed by atoms with Crippen molar-refractivity contribution in [1.82, 2.24) is 10.2 Å². The van der Waals surface area contributed by atoms with Crippen molar-refractivity contribution in [2.45, 2.75) is 25.8 Å². The molecule has 168 valence electrons. The molecule has 0 aromatic heterocycles. The molecule has 0 bridgehead atoms. The lowest BCUT2D eigenvalue weighted by atomic mass is 9.90. The molecule has 1 amide bonds. The Labute approximate surface area is 188 Å². The number of carbonyl (C=O) groups excluding carboxylic acids is 2. The van der Waals surface area contributed by atoms with E-state index >= 15 is 0 Å². The van der Waals surface area contributed by atoms with Gasteiger partial charge in [0.25, 0.3) is 5.91 Å². The predicted octanol–water partition coefficient (Wildman–Crippen LogP) is 3.18. The number of amides is 1. The van der Waals surface area contributed by atoms with E-state index in [-0.39, 0.29) is 17.8 Å². The zero-order valence-corrected chi connectivity index (χ0v) is 18.5. The standard InChI is InChI=1S/C25H30N4O3/c1-17(22(24(31)32-2)16-18-12-14-29(15-13-18)25(26)27)28-23(30)21-10-8-20(9-11-21)19-6-4-3-5-7-19/h3-12,17,22H,13-16H2,1-2H3,(H3,26,27)(H,28,30)/t17?,22-/m1/s1. The highest BCUT2D eigenvalue weighted by Crippen LogP contribution is 2.23. The zero-order chi connectivity index (χ0) is 23.1. The maximum Gasteiger partial charge on any atom is 0.311 e. The number of guanidine groups is 1. The molecule has 1 aliphatic rings. The quantitative estimate of drug-likeness (QED) is 0.268. The van der Waals surface area contributed by atoms with Gasteiger partial charge < -0.3 is 20.7 Å². The van der Waals surface area contributed by atoms with Crippen LogP contribution in [0, 0.1) is 11.3 Å². The van der Waals surface area contributed by atoms with E-state index in [1.165, 1.54) is 7.11 Å². The van der Waals surface area contributed by atoms with Crippen molar-refractivity contribution in [2.24, 2.45) is 11.7 Å². The molecule has 1 unspecified atom stereocenters. The fraction of sp³-hybridized carbons (Fsp3) is 0.320. The van der Waals surface area contributed by atoms with Crippen LogP contribution in [0.3, 0.4) is 0 Å². The molecule has 2 aromatic rings.